The number of carboxylic acids is 1. The van der Waals surface area contributed by atoms with Crippen LogP contribution in [-0.4, -0.2) is 65.2 Å². The maximum Gasteiger partial charge on any atom is 0.407 e. The molecule has 0 spiro atoms. The van der Waals surface area contributed by atoms with Crippen LogP contribution in [0.2, 0.25) is 0 Å². The highest BCUT2D eigenvalue weighted by Gasteiger charge is 2.31. The molecule has 180 valence electrons. The first-order valence-electron chi connectivity index (χ1n) is 11.7. The molecule has 1 aliphatic carbocycles. The second-order valence-corrected chi connectivity index (χ2v) is 10.1. The number of carboxylic acid groups (broad SMARTS) is 1. The molecule has 1 heterocycles. The van der Waals surface area contributed by atoms with Crippen LogP contribution in [0.25, 0.3) is 11.1 Å². The van der Waals surface area contributed by atoms with Gasteiger partial charge in [-0.15, -0.1) is 11.8 Å². The van der Waals surface area contributed by atoms with E-state index < -0.39 is 17.3 Å². The number of ether oxygens (including phenoxy) is 1. The van der Waals surface area contributed by atoms with Crippen LogP contribution in [0.3, 0.4) is 0 Å². The van der Waals surface area contributed by atoms with Crippen molar-refractivity contribution in [2.45, 2.75) is 30.9 Å². The van der Waals surface area contributed by atoms with Crippen molar-refractivity contribution >= 4 is 29.7 Å². The minimum Gasteiger partial charge on any atom is -0.480 e. The quantitative estimate of drug-likeness (QED) is 0.553. The number of hydrogen-bond acceptors (Lipinski definition) is 5. The molecule has 8 heteroatoms. The monoisotopic (exact) mass is 482 g/mol. The van der Waals surface area contributed by atoms with Crippen LogP contribution in [0.1, 0.15) is 36.8 Å². The molecule has 1 aliphatic heterocycles. The maximum absolute atomic E-state index is 12.7. The topological polar surface area (TPSA) is 95.9 Å². The number of alkyl carbamates (subject to hydrolysis) is 1. The summed E-state index contributed by atoms with van der Waals surface area (Å²) in [5.74, 6) is -0.455. The Labute approximate surface area is 203 Å². The lowest BCUT2D eigenvalue weighted by Gasteiger charge is -2.32. The molecule has 2 aromatic rings. The van der Waals surface area contributed by atoms with Crippen molar-refractivity contribution in [1.29, 1.82) is 0 Å². The summed E-state index contributed by atoms with van der Waals surface area (Å²) in [5, 5.41) is 11.4. The van der Waals surface area contributed by atoms with Gasteiger partial charge in [-0.2, -0.15) is 0 Å². The van der Waals surface area contributed by atoms with Gasteiger partial charge in [-0.3, -0.25) is 9.59 Å². The minimum atomic E-state index is -0.873. The van der Waals surface area contributed by atoms with Gasteiger partial charge >= 0.3 is 12.1 Å². The second-order valence-electron chi connectivity index (χ2n) is 8.78. The Hall–Kier alpha value is -3.00. The minimum absolute atomic E-state index is 0.0207. The maximum atomic E-state index is 12.7. The van der Waals surface area contributed by atoms with Crippen molar-refractivity contribution in [2.24, 2.45) is 5.92 Å². The first-order valence-corrected chi connectivity index (χ1v) is 12.7. The molecule has 34 heavy (non-hydrogen) atoms. The number of carbonyl (C=O) groups is 3. The van der Waals surface area contributed by atoms with E-state index in [0.717, 1.165) is 0 Å². The van der Waals surface area contributed by atoms with E-state index in [1.54, 1.807) is 4.90 Å². The number of nitrogens with one attached hydrogen (secondary N) is 1. The predicted molar refractivity (Wildman–Crippen MR) is 132 cm³/mol. The van der Waals surface area contributed by atoms with Crippen LogP contribution >= 0.6 is 11.8 Å². The number of hydrogen-bond donors (Lipinski definition) is 2. The molecule has 0 radical (unpaired) electrons. The zero-order valence-electron chi connectivity index (χ0n) is 19.2. The third kappa shape index (κ3) is 5.38. The van der Waals surface area contributed by atoms with Crippen molar-refractivity contribution < 1.29 is 24.2 Å². The Morgan fingerprint density at radius 2 is 1.76 bits per heavy atom. The molecule has 2 N–H and O–H groups in total. The van der Waals surface area contributed by atoms with E-state index in [0.29, 0.717) is 31.7 Å². The van der Waals surface area contributed by atoms with E-state index in [1.165, 1.54) is 34.0 Å². The number of thioether (sulfide) groups is 1. The Balaban J connectivity index is 1.20. The summed E-state index contributed by atoms with van der Waals surface area (Å²) < 4.78 is 5.54. The Bertz CT molecular complexity index is 1010. The van der Waals surface area contributed by atoms with Gasteiger partial charge in [-0.1, -0.05) is 55.5 Å². The molecule has 2 amide bonds. The molecule has 7 nitrogen and oxygen atoms in total. The van der Waals surface area contributed by atoms with Gasteiger partial charge in [0.1, 0.15) is 11.9 Å². The summed E-state index contributed by atoms with van der Waals surface area (Å²) in [7, 11) is 0. The summed E-state index contributed by atoms with van der Waals surface area (Å²) in [6, 6.07) is 16.4. The number of fused-ring (bicyclic) bond motifs is 3. The SMILES string of the molecule is CC(CCCNC(=O)OCC1c2ccccc2-c2ccccc21)C(=O)N1CCSC(C(=O)O)C1. The Kier molecular flexibility index (Phi) is 7.77. The van der Waals surface area contributed by atoms with Crippen molar-refractivity contribution in [2.75, 3.05) is 32.0 Å². The molecule has 1 saturated heterocycles. The molecule has 2 atom stereocenters. The second kappa shape index (κ2) is 11.0. The lowest BCUT2D eigenvalue weighted by atomic mass is 9.98. The highest BCUT2D eigenvalue weighted by atomic mass is 32.2. The average molecular weight is 483 g/mol. The third-order valence-corrected chi connectivity index (χ3v) is 7.67. The standard InChI is InChI=1S/C26H30N2O5S/c1-17(24(29)28-13-14-34-23(15-28)25(30)31)7-6-12-27-26(32)33-16-22-20-10-4-2-8-18(20)19-9-3-5-11-21(19)22/h2-5,8-11,17,22-23H,6-7,12-16H2,1H3,(H,27,32)(H,30,31). The number of benzene rings is 2. The van der Waals surface area contributed by atoms with Gasteiger partial charge < -0.3 is 20.1 Å². The molecular weight excluding hydrogens is 452 g/mol. The van der Waals surface area contributed by atoms with Gasteiger partial charge in [0.2, 0.25) is 5.91 Å². The molecular formula is C26H30N2O5S. The van der Waals surface area contributed by atoms with Gasteiger partial charge in [-0.05, 0) is 35.1 Å². The predicted octanol–water partition coefficient (Wildman–Crippen LogP) is 3.97. The Morgan fingerprint density at radius 3 is 2.41 bits per heavy atom. The largest absolute Gasteiger partial charge is 0.480 e. The van der Waals surface area contributed by atoms with E-state index in [1.807, 2.05) is 31.2 Å². The van der Waals surface area contributed by atoms with Crippen molar-refractivity contribution in [1.82, 2.24) is 10.2 Å². The first-order chi connectivity index (χ1) is 16.5. The zero-order valence-corrected chi connectivity index (χ0v) is 20.1. The molecule has 2 unspecified atom stereocenters. The summed E-state index contributed by atoms with van der Waals surface area (Å²) in [5.41, 5.74) is 4.72. The summed E-state index contributed by atoms with van der Waals surface area (Å²) >= 11 is 1.38. The summed E-state index contributed by atoms with van der Waals surface area (Å²) in [6.45, 7) is 3.37. The fraction of sp³-hybridized carbons (Fsp3) is 0.423. The average Bonchev–Trinajstić information content (AvgIpc) is 3.18. The zero-order chi connectivity index (χ0) is 24.1. The van der Waals surface area contributed by atoms with E-state index in [-0.39, 0.29) is 30.9 Å². The van der Waals surface area contributed by atoms with Crippen LogP contribution in [0.4, 0.5) is 4.79 Å². The van der Waals surface area contributed by atoms with Gasteiger partial charge in [0.05, 0.1) is 0 Å². The smallest absolute Gasteiger partial charge is 0.407 e. The summed E-state index contributed by atoms with van der Waals surface area (Å²) in [6.07, 6.45) is 0.796. The molecule has 2 aromatic carbocycles. The van der Waals surface area contributed by atoms with Crippen molar-refractivity contribution in [3.05, 3.63) is 59.7 Å². The van der Waals surface area contributed by atoms with Gasteiger partial charge in [0, 0.05) is 37.2 Å². The first kappa shape index (κ1) is 24.1. The van der Waals surface area contributed by atoms with E-state index in [9.17, 15) is 19.5 Å². The van der Waals surface area contributed by atoms with Crippen LogP contribution in [0.15, 0.2) is 48.5 Å². The van der Waals surface area contributed by atoms with Gasteiger partial charge in [-0.25, -0.2) is 4.79 Å². The van der Waals surface area contributed by atoms with Crippen molar-refractivity contribution in [3.8, 4) is 11.1 Å². The number of rotatable bonds is 8. The lowest BCUT2D eigenvalue weighted by molar-refractivity contribution is -0.139. The Morgan fingerprint density at radius 1 is 1.12 bits per heavy atom. The molecule has 1 fully saturated rings. The van der Waals surface area contributed by atoms with Crippen LogP contribution in [-0.2, 0) is 14.3 Å². The highest BCUT2D eigenvalue weighted by molar-refractivity contribution is 8.00. The molecule has 0 aromatic heterocycles. The van der Waals surface area contributed by atoms with E-state index in [2.05, 4.69) is 29.6 Å². The molecule has 2 aliphatic rings. The summed E-state index contributed by atoms with van der Waals surface area (Å²) in [4.78, 5) is 37.8. The molecule has 0 saturated carbocycles. The van der Waals surface area contributed by atoms with Crippen LogP contribution in [0, 0.1) is 5.92 Å². The molecule has 4 rings (SSSR count). The normalized spacial score (nSPS) is 18.0. The van der Waals surface area contributed by atoms with E-state index >= 15 is 0 Å². The fourth-order valence-electron chi connectivity index (χ4n) is 4.68. The fourth-order valence-corrected chi connectivity index (χ4v) is 5.72. The van der Waals surface area contributed by atoms with Crippen LogP contribution in [0.5, 0.6) is 0 Å². The molecule has 0 bridgehead atoms. The number of carbonyl (C=O) groups excluding carboxylic acids is 2. The third-order valence-electron chi connectivity index (χ3n) is 6.50. The highest BCUT2D eigenvalue weighted by Crippen LogP contribution is 2.44. The number of aliphatic carboxylic acids is 1. The van der Waals surface area contributed by atoms with Crippen molar-refractivity contribution in [3.63, 3.8) is 0 Å². The lowest BCUT2D eigenvalue weighted by Crippen LogP contribution is -2.46. The number of nitrogens with zero attached hydrogens (tertiary/aromatic N) is 1. The van der Waals surface area contributed by atoms with Crippen LogP contribution < -0.4 is 5.32 Å². The number of amides is 2. The van der Waals surface area contributed by atoms with Gasteiger partial charge in [0.15, 0.2) is 0 Å². The van der Waals surface area contributed by atoms with Gasteiger partial charge in [0.25, 0.3) is 0 Å². The van der Waals surface area contributed by atoms with E-state index in [4.69, 9.17) is 4.74 Å².